The Balaban J connectivity index is 1.73. The molecule has 0 aliphatic carbocycles. The summed E-state index contributed by atoms with van der Waals surface area (Å²) < 4.78 is 7.21. The lowest BCUT2D eigenvalue weighted by Gasteiger charge is -2.26. The van der Waals surface area contributed by atoms with E-state index in [0.717, 1.165) is 44.3 Å². The fourth-order valence-corrected chi connectivity index (χ4v) is 3.63. The number of rotatable bonds is 6. The van der Waals surface area contributed by atoms with Crippen LogP contribution in [0.3, 0.4) is 0 Å². The molecule has 3 rings (SSSR count). The minimum absolute atomic E-state index is 0.190. The van der Waals surface area contributed by atoms with Gasteiger partial charge < -0.3 is 15.2 Å². The number of morpholine rings is 1. The molecule has 0 spiro atoms. The maximum Gasteiger partial charge on any atom is 0.288 e. The smallest absolute Gasteiger partial charge is 0.288 e. The van der Waals surface area contributed by atoms with Crippen molar-refractivity contribution in [3.05, 3.63) is 53.0 Å². The molecule has 0 amide bonds. The number of nitrogens with one attached hydrogen (secondary N) is 1. The van der Waals surface area contributed by atoms with Crippen LogP contribution in [-0.4, -0.2) is 54.4 Å². The topological polar surface area (TPSA) is 48.6 Å². The number of thiophene rings is 1. The number of aliphatic hydroxyl groups is 1. The zero-order valence-electron chi connectivity index (χ0n) is 13.9. The van der Waals surface area contributed by atoms with E-state index in [9.17, 15) is 5.11 Å². The molecule has 0 aromatic carbocycles. The van der Waals surface area contributed by atoms with Gasteiger partial charge in [0.2, 0.25) is 5.76 Å². The van der Waals surface area contributed by atoms with Crippen LogP contribution in [0.25, 0.3) is 11.5 Å². The summed E-state index contributed by atoms with van der Waals surface area (Å²) >= 11 is 7.07. The average molecular weight is 377 g/mol. The molecule has 2 aromatic heterocycles. The molecular formula is C18H22N3O2S2+. The minimum atomic E-state index is 0.190. The van der Waals surface area contributed by atoms with E-state index < -0.39 is 0 Å². The quantitative estimate of drug-likeness (QED) is 0.350. The van der Waals surface area contributed by atoms with Gasteiger partial charge in [0.1, 0.15) is 0 Å². The van der Waals surface area contributed by atoms with Gasteiger partial charge in [0.15, 0.2) is 17.4 Å². The average Bonchev–Trinajstić information content (AvgIpc) is 3.18. The van der Waals surface area contributed by atoms with Gasteiger partial charge in [-0.05, 0) is 11.4 Å². The zero-order chi connectivity index (χ0) is 17.5. The van der Waals surface area contributed by atoms with Gasteiger partial charge in [0.05, 0.1) is 18.1 Å². The zero-order valence-corrected chi connectivity index (χ0v) is 15.6. The number of ether oxygens (including phenoxy) is 1. The van der Waals surface area contributed by atoms with Crippen LogP contribution in [0.2, 0.25) is 0 Å². The van der Waals surface area contributed by atoms with Gasteiger partial charge in [-0.2, -0.15) is 4.57 Å². The molecule has 5 nitrogen and oxygen atoms in total. The predicted octanol–water partition coefficient (Wildman–Crippen LogP) is 2.17. The fourth-order valence-electron chi connectivity index (χ4n) is 2.66. The first-order valence-electron chi connectivity index (χ1n) is 8.28. The Morgan fingerprint density at radius 1 is 1.24 bits per heavy atom. The molecule has 1 aliphatic heterocycles. The highest BCUT2D eigenvalue weighted by atomic mass is 32.1. The summed E-state index contributed by atoms with van der Waals surface area (Å²) in [7, 11) is 0. The second-order valence-corrected chi connectivity index (χ2v) is 7.02. The molecule has 2 aromatic rings. The SMILES string of the molecule is O/C(=C(\C(=S)NCCN1CCOCC1)[n+]1ccccc1)c1cccs1. The number of aromatic nitrogens is 1. The Bertz CT molecular complexity index is 711. The van der Waals surface area contributed by atoms with Crippen LogP contribution < -0.4 is 9.88 Å². The first kappa shape index (κ1) is 18.0. The molecule has 0 saturated carbocycles. The van der Waals surface area contributed by atoms with Gasteiger partial charge in [-0.25, -0.2) is 0 Å². The molecular weight excluding hydrogens is 354 g/mol. The number of thiocarbonyl (C=S) groups is 1. The number of hydrogen-bond donors (Lipinski definition) is 2. The Hall–Kier alpha value is -1.80. The van der Waals surface area contributed by atoms with Crippen LogP contribution in [-0.2, 0) is 4.74 Å². The largest absolute Gasteiger partial charge is 0.501 e. The minimum Gasteiger partial charge on any atom is -0.501 e. The lowest BCUT2D eigenvalue weighted by atomic mass is 10.2. The highest BCUT2D eigenvalue weighted by Crippen LogP contribution is 2.21. The standard InChI is InChI=1S/C18H21N3O2S2/c22-17(15-5-4-14-25-15)16(21-7-2-1-3-8-21)18(24)19-6-9-20-10-12-23-13-11-20/h1-5,7-8,14H,6,9-13H2,(H-,19,22,24)/p+1. The maximum absolute atomic E-state index is 10.8. The lowest BCUT2D eigenvalue weighted by molar-refractivity contribution is -0.576. The molecule has 0 unspecified atom stereocenters. The Kier molecular flexibility index (Phi) is 6.52. The van der Waals surface area contributed by atoms with E-state index in [1.54, 1.807) is 0 Å². The lowest BCUT2D eigenvalue weighted by Crippen LogP contribution is -2.44. The molecule has 132 valence electrons. The molecule has 0 atom stereocenters. The van der Waals surface area contributed by atoms with Gasteiger partial charge in [-0.1, -0.05) is 24.4 Å². The fraction of sp³-hybridized carbons (Fsp3) is 0.333. The van der Waals surface area contributed by atoms with Crippen molar-refractivity contribution in [1.29, 1.82) is 0 Å². The number of nitrogens with zero attached hydrogens (tertiary/aromatic N) is 2. The van der Waals surface area contributed by atoms with E-state index in [0.29, 0.717) is 10.7 Å². The van der Waals surface area contributed by atoms with Gasteiger partial charge in [-0.3, -0.25) is 4.90 Å². The van der Waals surface area contributed by atoms with E-state index in [1.807, 2.05) is 52.7 Å². The molecule has 2 N–H and O–H groups in total. The van der Waals surface area contributed by atoms with E-state index in [4.69, 9.17) is 17.0 Å². The third-order valence-electron chi connectivity index (χ3n) is 3.98. The summed E-state index contributed by atoms with van der Waals surface area (Å²) in [4.78, 5) is 3.68. The number of hydrogen-bond acceptors (Lipinski definition) is 5. The van der Waals surface area contributed by atoms with E-state index in [2.05, 4.69) is 10.2 Å². The van der Waals surface area contributed by atoms with Crippen LogP contribution in [0.1, 0.15) is 4.88 Å². The number of aliphatic hydroxyl groups excluding tert-OH is 1. The predicted molar refractivity (Wildman–Crippen MR) is 105 cm³/mol. The third-order valence-corrected chi connectivity index (χ3v) is 5.20. The van der Waals surface area contributed by atoms with Gasteiger partial charge in [0, 0.05) is 38.3 Å². The van der Waals surface area contributed by atoms with Gasteiger partial charge >= 0.3 is 0 Å². The second kappa shape index (κ2) is 9.05. The normalized spacial score (nSPS) is 16.3. The highest BCUT2D eigenvalue weighted by molar-refractivity contribution is 7.81. The highest BCUT2D eigenvalue weighted by Gasteiger charge is 2.23. The van der Waals surface area contributed by atoms with Gasteiger partial charge in [-0.15, -0.1) is 11.3 Å². The monoisotopic (exact) mass is 376 g/mol. The maximum atomic E-state index is 10.8. The molecule has 0 bridgehead atoms. The molecule has 1 saturated heterocycles. The summed E-state index contributed by atoms with van der Waals surface area (Å²) in [6, 6.07) is 9.57. The van der Waals surface area contributed by atoms with Crippen LogP contribution in [0.5, 0.6) is 0 Å². The van der Waals surface area contributed by atoms with Crippen molar-refractivity contribution >= 4 is 40.0 Å². The Morgan fingerprint density at radius 3 is 2.68 bits per heavy atom. The molecule has 1 fully saturated rings. The first-order valence-corrected chi connectivity index (χ1v) is 9.56. The first-order chi connectivity index (χ1) is 12.3. The van der Waals surface area contributed by atoms with Crippen molar-refractivity contribution in [1.82, 2.24) is 10.2 Å². The van der Waals surface area contributed by atoms with Crippen molar-refractivity contribution in [3.8, 4) is 0 Å². The van der Waals surface area contributed by atoms with Crippen LogP contribution in [0.15, 0.2) is 48.1 Å². The third kappa shape index (κ3) is 4.85. The number of pyridine rings is 1. The van der Waals surface area contributed by atoms with Gasteiger partial charge in [0.25, 0.3) is 5.70 Å². The summed E-state index contributed by atoms with van der Waals surface area (Å²) in [5, 5.41) is 16.0. The van der Waals surface area contributed by atoms with Crippen molar-refractivity contribution in [3.63, 3.8) is 0 Å². The molecule has 7 heteroatoms. The van der Waals surface area contributed by atoms with E-state index in [1.165, 1.54) is 11.3 Å². The van der Waals surface area contributed by atoms with E-state index >= 15 is 0 Å². The van der Waals surface area contributed by atoms with Crippen molar-refractivity contribution in [2.24, 2.45) is 0 Å². The van der Waals surface area contributed by atoms with Crippen LogP contribution >= 0.6 is 23.6 Å². The summed E-state index contributed by atoms with van der Waals surface area (Å²) in [5.41, 5.74) is 0.597. The summed E-state index contributed by atoms with van der Waals surface area (Å²) in [5.74, 6) is 0.190. The Morgan fingerprint density at radius 2 is 2.00 bits per heavy atom. The summed E-state index contributed by atoms with van der Waals surface area (Å²) in [6.45, 7) is 5.10. The summed E-state index contributed by atoms with van der Waals surface area (Å²) in [6.07, 6.45) is 3.77. The van der Waals surface area contributed by atoms with Crippen molar-refractivity contribution in [2.75, 3.05) is 39.4 Å². The second-order valence-electron chi connectivity index (χ2n) is 5.67. The molecule has 1 aliphatic rings. The van der Waals surface area contributed by atoms with Crippen LogP contribution in [0.4, 0.5) is 0 Å². The molecule has 25 heavy (non-hydrogen) atoms. The molecule has 0 radical (unpaired) electrons. The van der Waals surface area contributed by atoms with Crippen LogP contribution in [0, 0.1) is 0 Å². The van der Waals surface area contributed by atoms with Crippen molar-refractivity contribution in [2.45, 2.75) is 0 Å². The Labute approximate surface area is 157 Å². The van der Waals surface area contributed by atoms with Crippen molar-refractivity contribution < 1.29 is 14.4 Å². The molecule has 3 heterocycles. The van der Waals surface area contributed by atoms with E-state index in [-0.39, 0.29) is 5.76 Å².